The number of aryl methyl sites for hydroxylation is 2. The van der Waals surface area contributed by atoms with Gasteiger partial charge in [-0.1, -0.05) is 12.1 Å². The molecular weight excluding hydrogens is 436 g/mol. The molecule has 2 fully saturated rings. The van der Waals surface area contributed by atoms with Gasteiger partial charge in [-0.3, -0.25) is 14.5 Å². The smallest absolute Gasteiger partial charge is 0.327 e. The number of urea groups is 1. The van der Waals surface area contributed by atoms with Crippen molar-refractivity contribution in [2.75, 3.05) is 25.2 Å². The van der Waals surface area contributed by atoms with E-state index < -0.39 is 12.1 Å². The quantitative estimate of drug-likeness (QED) is 0.706. The Morgan fingerprint density at radius 3 is 2.65 bits per heavy atom. The monoisotopic (exact) mass is 464 g/mol. The molecule has 34 heavy (non-hydrogen) atoms. The fourth-order valence-electron chi connectivity index (χ4n) is 4.97. The molecule has 2 aromatic rings. The maximum atomic E-state index is 13.5. The molecule has 2 N–H and O–H groups in total. The van der Waals surface area contributed by atoms with Crippen molar-refractivity contribution < 1.29 is 23.9 Å². The first kappa shape index (κ1) is 22.2. The molecule has 9 nitrogen and oxygen atoms in total. The van der Waals surface area contributed by atoms with Crippen LogP contribution in [0.4, 0.5) is 10.5 Å². The first-order chi connectivity index (χ1) is 16.4. The zero-order chi connectivity index (χ0) is 23.8. The highest BCUT2D eigenvalue weighted by atomic mass is 16.7. The van der Waals surface area contributed by atoms with E-state index in [1.54, 1.807) is 12.1 Å². The van der Waals surface area contributed by atoms with Crippen LogP contribution in [0.5, 0.6) is 11.5 Å². The van der Waals surface area contributed by atoms with Gasteiger partial charge in [0.1, 0.15) is 12.6 Å². The van der Waals surface area contributed by atoms with Gasteiger partial charge in [0.05, 0.1) is 12.6 Å². The van der Waals surface area contributed by atoms with Crippen molar-refractivity contribution in [3.63, 3.8) is 0 Å². The van der Waals surface area contributed by atoms with E-state index >= 15 is 0 Å². The number of carbonyl (C=O) groups is 3. The molecule has 5 rings (SSSR count). The van der Waals surface area contributed by atoms with E-state index in [2.05, 4.69) is 10.6 Å². The number of rotatable bonds is 5. The van der Waals surface area contributed by atoms with E-state index in [0.717, 1.165) is 23.1 Å². The van der Waals surface area contributed by atoms with Gasteiger partial charge in [0.15, 0.2) is 11.5 Å². The van der Waals surface area contributed by atoms with E-state index in [1.807, 2.05) is 38.1 Å². The van der Waals surface area contributed by atoms with Crippen molar-refractivity contribution in [3.05, 3.63) is 53.1 Å². The highest BCUT2D eigenvalue weighted by Gasteiger charge is 2.47. The standard InChI is InChI=1S/C25H28N4O5/c1-15-8-16(2)10-18(9-15)27-22(30)13-28-19-4-3-7-26-23(19)24(31)29(25(28)32)12-17-5-6-20-21(11-17)34-14-33-20/h5-6,8-11,19,23,26H,3-4,7,12-14H2,1-2H3,(H,27,30). The number of piperidine rings is 1. The van der Waals surface area contributed by atoms with Crippen molar-refractivity contribution in [3.8, 4) is 11.5 Å². The minimum atomic E-state index is -0.533. The number of carbonyl (C=O) groups excluding carboxylic acids is 3. The lowest BCUT2D eigenvalue weighted by atomic mass is 9.93. The number of hydrogen-bond donors (Lipinski definition) is 2. The van der Waals surface area contributed by atoms with Crippen LogP contribution < -0.4 is 20.1 Å². The zero-order valence-electron chi connectivity index (χ0n) is 19.3. The summed E-state index contributed by atoms with van der Waals surface area (Å²) in [5.74, 6) is 0.671. The summed E-state index contributed by atoms with van der Waals surface area (Å²) in [7, 11) is 0. The Balaban J connectivity index is 1.36. The summed E-state index contributed by atoms with van der Waals surface area (Å²) < 4.78 is 10.8. The summed E-state index contributed by atoms with van der Waals surface area (Å²) in [6, 6.07) is 9.83. The van der Waals surface area contributed by atoms with E-state index in [1.165, 1.54) is 9.80 Å². The van der Waals surface area contributed by atoms with Crippen molar-refractivity contribution in [2.24, 2.45) is 0 Å². The number of imide groups is 1. The van der Waals surface area contributed by atoms with Crippen molar-refractivity contribution in [2.45, 2.75) is 45.3 Å². The maximum absolute atomic E-state index is 13.5. The highest BCUT2D eigenvalue weighted by molar-refractivity contribution is 6.03. The second-order valence-electron chi connectivity index (χ2n) is 9.09. The fourth-order valence-corrected chi connectivity index (χ4v) is 4.97. The molecule has 3 aliphatic heterocycles. The Hall–Kier alpha value is -3.59. The highest BCUT2D eigenvalue weighted by Crippen LogP contribution is 2.33. The van der Waals surface area contributed by atoms with Crippen LogP contribution in [0.3, 0.4) is 0 Å². The molecule has 2 unspecified atom stereocenters. The molecule has 4 amide bonds. The van der Waals surface area contributed by atoms with Crippen LogP contribution in [0.15, 0.2) is 36.4 Å². The molecule has 0 radical (unpaired) electrons. The third-order valence-corrected chi connectivity index (χ3v) is 6.43. The second-order valence-corrected chi connectivity index (χ2v) is 9.09. The van der Waals surface area contributed by atoms with E-state index in [4.69, 9.17) is 9.47 Å². The lowest BCUT2D eigenvalue weighted by molar-refractivity contribution is -0.138. The summed E-state index contributed by atoms with van der Waals surface area (Å²) in [4.78, 5) is 42.5. The number of fused-ring (bicyclic) bond motifs is 2. The Morgan fingerprint density at radius 2 is 1.85 bits per heavy atom. The second kappa shape index (κ2) is 8.98. The van der Waals surface area contributed by atoms with Crippen molar-refractivity contribution in [1.82, 2.24) is 15.1 Å². The Bertz CT molecular complexity index is 1130. The van der Waals surface area contributed by atoms with Gasteiger partial charge in [0.25, 0.3) is 0 Å². The molecule has 9 heteroatoms. The third kappa shape index (κ3) is 4.31. The molecule has 2 aromatic carbocycles. The molecule has 3 heterocycles. The van der Waals surface area contributed by atoms with Gasteiger partial charge in [-0.25, -0.2) is 4.79 Å². The fraction of sp³-hybridized carbons (Fsp3) is 0.400. The normalized spacial score (nSPS) is 21.5. The van der Waals surface area contributed by atoms with E-state index in [9.17, 15) is 14.4 Å². The van der Waals surface area contributed by atoms with Crippen LogP contribution in [0.1, 0.15) is 29.5 Å². The SMILES string of the molecule is Cc1cc(C)cc(NC(=O)CN2C(=O)N(Cc3ccc4c(c3)OCO4)C(=O)C3NCCCC32)c1. The van der Waals surface area contributed by atoms with Gasteiger partial charge in [-0.05, 0) is 74.2 Å². The minimum absolute atomic E-state index is 0.0917. The Kier molecular flexibility index (Phi) is 5.87. The number of amides is 4. The molecular formula is C25H28N4O5. The van der Waals surface area contributed by atoms with E-state index in [0.29, 0.717) is 30.2 Å². The molecule has 0 aromatic heterocycles. The van der Waals surface area contributed by atoms with Crippen LogP contribution in [0.25, 0.3) is 0 Å². The summed E-state index contributed by atoms with van der Waals surface area (Å²) in [5, 5.41) is 6.16. The first-order valence-electron chi connectivity index (χ1n) is 11.5. The average molecular weight is 465 g/mol. The lowest BCUT2D eigenvalue weighted by Crippen LogP contribution is -2.70. The van der Waals surface area contributed by atoms with Gasteiger partial charge in [0, 0.05) is 5.69 Å². The number of ether oxygens (including phenoxy) is 2. The summed E-state index contributed by atoms with van der Waals surface area (Å²) in [6.07, 6.45) is 1.50. The van der Waals surface area contributed by atoms with Gasteiger partial charge < -0.3 is 25.0 Å². The molecule has 0 bridgehead atoms. The van der Waals surface area contributed by atoms with Gasteiger partial charge in [0.2, 0.25) is 18.6 Å². The summed E-state index contributed by atoms with van der Waals surface area (Å²) >= 11 is 0. The van der Waals surface area contributed by atoms with Crippen LogP contribution in [0, 0.1) is 13.8 Å². The lowest BCUT2D eigenvalue weighted by Gasteiger charge is -2.46. The topological polar surface area (TPSA) is 100 Å². The Labute approximate surface area is 198 Å². The van der Waals surface area contributed by atoms with Crippen LogP contribution in [0.2, 0.25) is 0 Å². The minimum Gasteiger partial charge on any atom is -0.454 e. The molecule has 3 aliphatic rings. The number of benzene rings is 2. The average Bonchev–Trinajstić information content (AvgIpc) is 3.27. The molecule has 178 valence electrons. The van der Waals surface area contributed by atoms with Gasteiger partial charge in [-0.2, -0.15) is 0 Å². The van der Waals surface area contributed by atoms with Gasteiger partial charge in [-0.15, -0.1) is 0 Å². The summed E-state index contributed by atoms with van der Waals surface area (Å²) in [6.45, 7) is 4.75. The van der Waals surface area contributed by atoms with Crippen molar-refractivity contribution in [1.29, 1.82) is 0 Å². The Morgan fingerprint density at radius 1 is 1.09 bits per heavy atom. The first-order valence-corrected chi connectivity index (χ1v) is 11.5. The van der Waals surface area contributed by atoms with Crippen molar-refractivity contribution >= 4 is 23.5 Å². The molecule has 0 spiro atoms. The zero-order valence-corrected chi connectivity index (χ0v) is 19.3. The number of anilines is 1. The predicted octanol–water partition coefficient (Wildman–Crippen LogP) is 2.56. The van der Waals surface area contributed by atoms with E-state index in [-0.39, 0.29) is 37.7 Å². The number of nitrogens with zero attached hydrogens (tertiary/aromatic N) is 2. The number of nitrogens with one attached hydrogen (secondary N) is 2. The van der Waals surface area contributed by atoms with Crippen LogP contribution >= 0.6 is 0 Å². The van der Waals surface area contributed by atoms with Crippen LogP contribution in [-0.4, -0.2) is 59.6 Å². The molecule has 2 saturated heterocycles. The summed E-state index contributed by atoms with van der Waals surface area (Å²) in [5.41, 5.74) is 3.53. The molecule has 0 saturated carbocycles. The molecule has 0 aliphatic carbocycles. The maximum Gasteiger partial charge on any atom is 0.327 e. The van der Waals surface area contributed by atoms with Gasteiger partial charge >= 0.3 is 6.03 Å². The molecule has 2 atom stereocenters. The largest absolute Gasteiger partial charge is 0.454 e. The third-order valence-electron chi connectivity index (χ3n) is 6.43. The van der Waals surface area contributed by atoms with Crippen LogP contribution in [-0.2, 0) is 16.1 Å². The number of hydrogen-bond acceptors (Lipinski definition) is 6. The predicted molar refractivity (Wildman–Crippen MR) is 125 cm³/mol.